The highest BCUT2D eigenvalue weighted by Gasteiger charge is 2.65. The van der Waals surface area contributed by atoms with Crippen LogP contribution in [0.2, 0.25) is 0 Å². The van der Waals surface area contributed by atoms with E-state index in [9.17, 15) is 0 Å². The number of aromatic amines is 4. The van der Waals surface area contributed by atoms with Crippen molar-refractivity contribution >= 4 is 205 Å². The van der Waals surface area contributed by atoms with Gasteiger partial charge >= 0.3 is 0 Å². The van der Waals surface area contributed by atoms with Crippen LogP contribution in [0, 0.1) is 166 Å². The molecule has 14 aromatic heterocycles. The average Bonchev–Trinajstić information content (AvgIpc) is 1.50. The van der Waals surface area contributed by atoms with Crippen LogP contribution in [0.15, 0.2) is 76.3 Å². The SMILES string of the molecule is CC1=C(C)C2=C3C(=C4C(C)=C(C)SC4(C)C2(C)S1)c1nc3nc2[nH]c(nc3nc(nc4[nH]c(n1)c(-c1c(C)sc(C)c1C)c4-c1c(C)sc(C)c1C)-c1cc4c(cc1-3)-c1nc-4nc3[nH]c(nc4nc(nc5[nH]c(n1)c(-c1c(C)sc(C)c1C)c5-c1c(C)sc(C)c1C)C1=C5C(C)=C(C)SC5(C)C5(C)SC(C)=C(C)C5=C14)c(-c1c(C)sc(C)c1C)c3-c1c(C)sc(C)c1C)c(-c1c(C)sc(C)c1C)c2-c1c(C)sc(C)c1C. The van der Waals surface area contributed by atoms with Crippen molar-refractivity contribution in [3.63, 3.8) is 0 Å². The Kier molecular flexibility index (Phi) is 21.6. The zero-order valence-electron chi connectivity index (χ0n) is 89.4. The Morgan fingerprint density at radius 3 is 0.445 bits per heavy atom. The first-order chi connectivity index (χ1) is 69.1. The van der Waals surface area contributed by atoms with E-state index in [2.05, 4.69) is 281 Å². The molecule has 0 spiro atoms. The van der Waals surface area contributed by atoms with Crippen molar-refractivity contribution in [3.05, 3.63) is 222 Å². The monoisotopic (exact) mass is 2140 g/mol. The summed E-state index contributed by atoms with van der Waals surface area (Å²) in [6.45, 7) is 82.8. The summed E-state index contributed by atoms with van der Waals surface area (Å²) >= 11 is 22.5. The summed E-state index contributed by atoms with van der Waals surface area (Å²) in [4.78, 5) is 116. The number of hydrogen-bond donors (Lipinski definition) is 4. The second kappa shape index (κ2) is 32.7. The van der Waals surface area contributed by atoms with Gasteiger partial charge in [-0.25, -0.2) is 59.8 Å². The van der Waals surface area contributed by atoms with Crippen molar-refractivity contribution in [2.24, 2.45) is 0 Å². The summed E-state index contributed by atoms with van der Waals surface area (Å²) in [5.74, 6) is 4.13. The van der Waals surface area contributed by atoms with Crippen molar-refractivity contribution in [2.75, 3.05) is 0 Å². The third-order valence-corrected chi connectivity index (χ3v) is 50.0. The lowest BCUT2D eigenvalue weighted by Gasteiger charge is -2.47. The van der Waals surface area contributed by atoms with Gasteiger partial charge in [-0.1, -0.05) is 0 Å². The van der Waals surface area contributed by atoms with E-state index in [1.165, 1.54) is 167 Å². The zero-order valence-corrected chi connectivity index (χ0v) is 99.2. The summed E-state index contributed by atoms with van der Waals surface area (Å²) in [6.07, 6.45) is 0. The number of thiophene rings is 8. The van der Waals surface area contributed by atoms with Gasteiger partial charge in [0.2, 0.25) is 0 Å². The Bertz CT molecular complexity index is 8400. The van der Waals surface area contributed by atoms with Crippen LogP contribution in [0.3, 0.4) is 0 Å². The Balaban J connectivity index is 0.902. The molecular weight excluding hydrogens is 2030 g/mol. The normalized spacial score (nSPS) is 19.4. The van der Waals surface area contributed by atoms with Gasteiger partial charge < -0.3 is 19.9 Å². The van der Waals surface area contributed by atoms with Crippen molar-refractivity contribution in [1.29, 1.82) is 0 Å². The summed E-state index contributed by atoms with van der Waals surface area (Å²) < 4.78 is -1.79. The molecule has 0 radical (unpaired) electrons. The lowest BCUT2D eigenvalue weighted by Crippen LogP contribution is -2.47. The first-order valence-corrected chi connectivity index (χ1v) is 59.7. The maximum atomic E-state index is 6.29. The lowest BCUT2D eigenvalue weighted by atomic mass is 9.68. The molecule has 28 heteroatoms. The molecular formula is C118H114N16S12. The highest BCUT2D eigenvalue weighted by molar-refractivity contribution is 8.09. The number of allylic oxidation sites excluding steroid dienone is 12. The van der Waals surface area contributed by atoms with E-state index >= 15 is 0 Å². The number of benzene rings is 1. The molecule has 25 rings (SSSR count). The topological polar surface area (TPSA) is 218 Å². The largest absolute Gasteiger partial charge is 0.324 e. The van der Waals surface area contributed by atoms with Gasteiger partial charge in [0.05, 0.1) is 19.0 Å². The predicted octanol–water partition coefficient (Wildman–Crippen LogP) is 35.6. The van der Waals surface area contributed by atoms with Gasteiger partial charge in [0.1, 0.15) is 45.2 Å². The molecule has 4 atom stereocenters. The molecule has 16 bridgehead atoms. The van der Waals surface area contributed by atoms with Gasteiger partial charge in [-0.3, -0.25) is 0 Å². The number of hydrogen-bond acceptors (Lipinski definition) is 24. The van der Waals surface area contributed by atoms with Crippen LogP contribution in [-0.2, 0) is 0 Å². The number of nitrogens with zero attached hydrogens (tertiary/aromatic N) is 12. The molecule has 2 aliphatic carbocycles. The molecule has 0 fully saturated rings. The van der Waals surface area contributed by atoms with Gasteiger partial charge in [-0.15, -0.1) is 138 Å². The predicted molar refractivity (Wildman–Crippen MR) is 632 cm³/mol. The van der Waals surface area contributed by atoms with Crippen LogP contribution in [0.5, 0.6) is 0 Å². The van der Waals surface area contributed by atoms with E-state index in [1.807, 2.05) is 138 Å². The fraction of sp³-hybridized carbons (Fsp3) is 0.339. The standard InChI is InChI=1S/C118H114N16S12/c1-39-51(13)135-63(25)75(39)83-87(79-43(5)55(17)139-67(79)29)107-125-103(83)121-99-71-37-73-74(38-72(71)100(119-99)122-104-84(76-40(2)52(14)136-64(76)26)88(80-44(6)56(18)140-68(80)30)108(126-104)130-112-92-91(111(129-107)133-112)95-47(9)59(21)143-115(95,33)116(34)96(92)48(10)60(22)144-116)102-120-101(73)123-105-85(77-41(3)53(15)137-65(77)27)89(81-45(7)57(19)141-69(81)31)109(127-105)131-113-93-94(98-50(12)62(24)146-118(98,36)117(35)97(93)49(11)61(23)145-117)114(134-113)132-110-90(82-46(8)58(20)142-70(82)32)86(106(124-102)128-110)78-42(4)54(16)138-66(78)28/h37-38H,1-36H3,(H2,119,121,122,125,126,129,130,133)(H2,120,123,124,127,128,131,132,134). The van der Waals surface area contributed by atoms with Crippen LogP contribution in [0.4, 0.5) is 0 Å². The van der Waals surface area contributed by atoms with E-state index in [0.29, 0.717) is 91.8 Å². The van der Waals surface area contributed by atoms with E-state index in [-0.39, 0.29) is 0 Å². The molecule has 0 saturated carbocycles. The fourth-order valence-corrected chi connectivity index (χ4v) is 41.0. The average molecular weight is 2140 g/mol. The number of rotatable bonds is 8. The minimum atomic E-state index is -0.447. The fourth-order valence-electron chi connectivity index (χ4n) is 25.8. The van der Waals surface area contributed by atoms with Crippen molar-refractivity contribution in [2.45, 2.75) is 268 Å². The summed E-state index contributed by atoms with van der Waals surface area (Å²) in [5.41, 5.74) is 47.7. The molecule has 146 heavy (non-hydrogen) atoms. The van der Waals surface area contributed by atoms with Crippen molar-refractivity contribution in [1.82, 2.24) is 79.7 Å². The van der Waals surface area contributed by atoms with Crippen LogP contribution in [0.25, 0.3) is 202 Å². The quantitative estimate of drug-likeness (QED) is 0.111. The maximum absolute atomic E-state index is 6.29. The molecule has 738 valence electrons. The first kappa shape index (κ1) is 96.7. The van der Waals surface area contributed by atoms with E-state index in [1.54, 1.807) is 0 Å². The second-order valence-electron chi connectivity index (χ2n) is 42.1. The van der Waals surface area contributed by atoms with Crippen LogP contribution >= 0.6 is 138 Å². The molecule has 4 N–H and O–H groups in total. The van der Waals surface area contributed by atoms with Gasteiger partial charge in [-0.2, -0.15) is 0 Å². The Morgan fingerprint density at radius 2 is 0.308 bits per heavy atom. The van der Waals surface area contributed by atoms with Crippen LogP contribution < -0.4 is 0 Å². The van der Waals surface area contributed by atoms with Gasteiger partial charge in [0.25, 0.3) is 0 Å². The summed E-state index contributed by atoms with van der Waals surface area (Å²) in [6, 6.07) is 4.51. The molecule has 15 aromatic rings. The number of H-pyrrole nitrogens is 4. The maximum Gasteiger partial charge on any atom is 0.165 e. The Labute approximate surface area is 901 Å². The highest BCUT2D eigenvalue weighted by atomic mass is 32.2. The number of aryl methyl sites for hydroxylation is 16. The molecule has 16 nitrogen and oxygen atoms in total. The highest BCUT2D eigenvalue weighted by Crippen LogP contribution is 2.75. The Hall–Kier alpha value is -10.2. The van der Waals surface area contributed by atoms with E-state index in [4.69, 9.17) is 59.8 Å². The lowest BCUT2D eigenvalue weighted by molar-refractivity contribution is 0.616. The Morgan fingerprint density at radius 1 is 0.171 bits per heavy atom. The van der Waals surface area contributed by atoms with E-state index < -0.39 is 19.0 Å². The van der Waals surface area contributed by atoms with Crippen molar-refractivity contribution in [3.8, 4) is 135 Å². The van der Waals surface area contributed by atoms with Gasteiger partial charge in [0.15, 0.2) is 46.6 Å². The first-order valence-electron chi connectivity index (χ1n) is 49.9. The smallest absolute Gasteiger partial charge is 0.165 e. The molecule has 8 aliphatic heterocycles. The van der Waals surface area contributed by atoms with Crippen LogP contribution in [0.1, 0.15) is 229 Å². The summed E-state index contributed by atoms with van der Waals surface area (Å²) in [5, 5.41) is 0. The molecule has 1 aromatic carbocycles. The third kappa shape index (κ3) is 12.9. The third-order valence-electron chi connectivity index (χ3n) is 34.2. The molecule has 22 heterocycles. The number of nitrogens with one attached hydrogen (secondary N) is 4. The molecule has 10 aliphatic rings. The van der Waals surface area contributed by atoms with Gasteiger partial charge in [-0.05, 0) is 370 Å². The van der Waals surface area contributed by atoms with Crippen molar-refractivity contribution < 1.29 is 0 Å². The van der Waals surface area contributed by atoms with Gasteiger partial charge in [0, 0.05) is 212 Å². The van der Waals surface area contributed by atoms with E-state index in [0.717, 1.165) is 153 Å². The minimum Gasteiger partial charge on any atom is -0.324 e. The molecule has 4 unspecified atom stereocenters. The number of aromatic nitrogens is 16. The molecule has 0 amide bonds. The number of thioether (sulfide) groups is 4. The number of fused-ring (bicyclic) bond motifs is 34. The minimum absolute atomic E-state index is 0.436. The van der Waals surface area contributed by atoms with Crippen LogP contribution in [-0.4, -0.2) is 98.7 Å². The second-order valence-corrected chi connectivity index (χ2v) is 60.1. The molecule has 0 saturated heterocycles. The zero-order chi connectivity index (χ0) is 103. The summed E-state index contributed by atoms with van der Waals surface area (Å²) in [7, 11) is 0.